The van der Waals surface area contributed by atoms with Crippen molar-refractivity contribution in [2.75, 3.05) is 12.0 Å². The third-order valence-electron chi connectivity index (χ3n) is 4.01. The average Bonchev–Trinajstić information content (AvgIpc) is 3.01. The van der Waals surface area contributed by atoms with Crippen molar-refractivity contribution < 1.29 is 4.79 Å². The molecule has 1 fully saturated rings. The summed E-state index contributed by atoms with van der Waals surface area (Å²) >= 11 is 3.64. The Labute approximate surface area is 136 Å². The van der Waals surface area contributed by atoms with Crippen molar-refractivity contribution >= 4 is 29.0 Å². The van der Waals surface area contributed by atoms with E-state index < -0.39 is 0 Å². The van der Waals surface area contributed by atoms with Crippen LogP contribution in [0.4, 0.5) is 0 Å². The standard InChI is InChI=1S/C16H26N2OS2/c1-5-6-13-16(19)18(11(2)9-10-20-4)15(17-13)14-8-7-12(3)21-14/h7-8,11,13,15,17H,5-6,9-10H2,1-4H3. The number of carbonyl (C=O) groups excluding carboxylic acids is 1. The van der Waals surface area contributed by atoms with E-state index in [0.29, 0.717) is 0 Å². The molecule has 0 aromatic carbocycles. The monoisotopic (exact) mass is 326 g/mol. The molecule has 5 heteroatoms. The normalized spacial score (nSPS) is 23.8. The van der Waals surface area contributed by atoms with Crippen LogP contribution in [0.5, 0.6) is 0 Å². The Morgan fingerprint density at radius 3 is 2.81 bits per heavy atom. The lowest BCUT2D eigenvalue weighted by molar-refractivity contribution is -0.132. The highest BCUT2D eigenvalue weighted by Crippen LogP contribution is 2.33. The molecule has 0 aliphatic carbocycles. The summed E-state index contributed by atoms with van der Waals surface area (Å²) in [6.45, 7) is 6.44. The maximum atomic E-state index is 12.8. The van der Waals surface area contributed by atoms with E-state index in [9.17, 15) is 4.79 Å². The maximum absolute atomic E-state index is 12.8. The van der Waals surface area contributed by atoms with E-state index in [1.807, 2.05) is 11.8 Å². The number of hydrogen-bond donors (Lipinski definition) is 1. The summed E-state index contributed by atoms with van der Waals surface area (Å²) in [6, 6.07) is 4.57. The molecule has 1 saturated heterocycles. The first-order chi connectivity index (χ1) is 10.1. The second-order valence-corrected chi connectivity index (χ2v) is 8.04. The Bertz CT molecular complexity index is 475. The van der Waals surface area contributed by atoms with E-state index in [1.165, 1.54) is 9.75 Å². The van der Waals surface area contributed by atoms with Crippen LogP contribution in [-0.4, -0.2) is 34.9 Å². The molecular weight excluding hydrogens is 300 g/mol. The molecule has 0 bridgehead atoms. The van der Waals surface area contributed by atoms with E-state index in [-0.39, 0.29) is 24.2 Å². The van der Waals surface area contributed by atoms with Crippen LogP contribution in [-0.2, 0) is 4.79 Å². The first kappa shape index (κ1) is 16.8. The van der Waals surface area contributed by atoms with Crippen LogP contribution in [0.1, 0.15) is 49.0 Å². The largest absolute Gasteiger partial charge is 0.318 e. The van der Waals surface area contributed by atoms with Gasteiger partial charge in [0.15, 0.2) is 0 Å². The summed E-state index contributed by atoms with van der Waals surface area (Å²) in [5.74, 6) is 1.38. The maximum Gasteiger partial charge on any atom is 0.241 e. The van der Waals surface area contributed by atoms with Crippen molar-refractivity contribution in [2.45, 2.75) is 58.3 Å². The number of amides is 1. The van der Waals surface area contributed by atoms with Gasteiger partial charge in [-0.3, -0.25) is 10.1 Å². The molecule has 1 aromatic heterocycles. The van der Waals surface area contributed by atoms with Gasteiger partial charge in [-0.2, -0.15) is 11.8 Å². The minimum atomic E-state index is -0.0147. The molecule has 2 heterocycles. The van der Waals surface area contributed by atoms with Crippen molar-refractivity contribution in [2.24, 2.45) is 0 Å². The van der Waals surface area contributed by atoms with Gasteiger partial charge >= 0.3 is 0 Å². The second-order valence-electron chi connectivity index (χ2n) is 5.73. The molecule has 1 N–H and O–H groups in total. The topological polar surface area (TPSA) is 32.3 Å². The molecule has 21 heavy (non-hydrogen) atoms. The minimum Gasteiger partial charge on any atom is -0.318 e. The highest BCUT2D eigenvalue weighted by atomic mass is 32.2. The van der Waals surface area contributed by atoms with Gasteiger partial charge in [-0.05, 0) is 50.8 Å². The number of hydrogen-bond acceptors (Lipinski definition) is 4. The number of thioether (sulfide) groups is 1. The predicted octanol–water partition coefficient (Wildman–Crippen LogP) is 3.80. The number of rotatable bonds is 7. The van der Waals surface area contributed by atoms with Gasteiger partial charge in [0.1, 0.15) is 6.17 Å². The molecule has 0 saturated carbocycles. The van der Waals surface area contributed by atoms with Crippen molar-refractivity contribution in [1.29, 1.82) is 0 Å². The van der Waals surface area contributed by atoms with Crippen LogP contribution in [0, 0.1) is 6.92 Å². The highest BCUT2D eigenvalue weighted by molar-refractivity contribution is 7.98. The average molecular weight is 327 g/mol. The van der Waals surface area contributed by atoms with Gasteiger partial charge < -0.3 is 4.90 Å². The molecule has 0 spiro atoms. The van der Waals surface area contributed by atoms with E-state index >= 15 is 0 Å². The molecule has 0 radical (unpaired) electrons. The van der Waals surface area contributed by atoms with Gasteiger partial charge in [0.2, 0.25) is 5.91 Å². The van der Waals surface area contributed by atoms with Crippen molar-refractivity contribution in [3.63, 3.8) is 0 Å². The zero-order valence-corrected chi connectivity index (χ0v) is 15.0. The van der Waals surface area contributed by atoms with Crippen LogP contribution < -0.4 is 5.32 Å². The van der Waals surface area contributed by atoms with E-state index in [1.54, 1.807) is 11.3 Å². The molecule has 1 aromatic rings. The lowest BCUT2D eigenvalue weighted by atomic mass is 10.1. The van der Waals surface area contributed by atoms with Gasteiger partial charge in [0.05, 0.1) is 6.04 Å². The second kappa shape index (κ2) is 7.65. The molecule has 2 rings (SSSR count). The zero-order chi connectivity index (χ0) is 15.4. The Balaban J connectivity index is 2.20. The Morgan fingerprint density at radius 1 is 1.48 bits per heavy atom. The number of aryl methyl sites for hydroxylation is 1. The first-order valence-corrected chi connectivity index (χ1v) is 9.93. The molecule has 1 amide bonds. The summed E-state index contributed by atoms with van der Waals surface area (Å²) in [4.78, 5) is 17.4. The Hall–Kier alpha value is -0.520. The molecule has 118 valence electrons. The van der Waals surface area contributed by atoms with Crippen molar-refractivity contribution in [3.05, 3.63) is 21.9 Å². The first-order valence-electron chi connectivity index (χ1n) is 7.72. The fourth-order valence-corrected chi connectivity index (χ4v) is 4.38. The minimum absolute atomic E-state index is 0.0147. The Kier molecular flexibility index (Phi) is 6.14. The van der Waals surface area contributed by atoms with Crippen LogP contribution in [0.25, 0.3) is 0 Å². The van der Waals surface area contributed by atoms with Gasteiger partial charge in [0, 0.05) is 15.8 Å². The predicted molar refractivity (Wildman–Crippen MR) is 92.9 cm³/mol. The highest BCUT2D eigenvalue weighted by Gasteiger charge is 2.41. The molecule has 3 atom stereocenters. The van der Waals surface area contributed by atoms with Crippen LogP contribution in [0.15, 0.2) is 12.1 Å². The molecule has 3 nitrogen and oxygen atoms in total. The number of nitrogens with zero attached hydrogens (tertiary/aromatic N) is 1. The fraction of sp³-hybridized carbons (Fsp3) is 0.688. The van der Waals surface area contributed by atoms with Crippen LogP contribution in [0.2, 0.25) is 0 Å². The third-order valence-corrected chi connectivity index (χ3v) is 5.71. The summed E-state index contributed by atoms with van der Waals surface area (Å²) in [6.07, 6.45) is 5.19. The molecular formula is C16H26N2OS2. The van der Waals surface area contributed by atoms with E-state index in [0.717, 1.165) is 25.0 Å². The summed E-state index contributed by atoms with van der Waals surface area (Å²) < 4.78 is 0. The summed E-state index contributed by atoms with van der Waals surface area (Å²) in [7, 11) is 0. The van der Waals surface area contributed by atoms with Crippen molar-refractivity contribution in [3.8, 4) is 0 Å². The third kappa shape index (κ3) is 3.82. The quantitative estimate of drug-likeness (QED) is 0.827. The lowest BCUT2D eigenvalue weighted by Gasteiger charge is -2.29. The van der Waals surface area contributed by atoms with Gasteiger partial charge in [-0.15, -0.1) is 11.3 Å². The SMILES string of the molecule is CCCC1NC(c2ccc(C)s2)N(C(C)CCSC)C1=O. The molecule has 1 aliphatic rings. The van der Waals surface area contributed by atoms with Gasteiger partial charge in [-0.1, -0.05) is 13.3 Å². The lowest BCUT2D eigenvalue weighted by Crippen LogP contribution is -2.38. The zero-order valence-electron chi connectivity index (χ0n) is 13.4. The van der Waals surface area contributed by atoms with Crippen molar-refractivity contribution in [1.82, 2.24) is 10.2 Å². The molecule has 1 aliphatic heterocycles. The number of thiophene rings is 1. The van der Waals surface area contributed by atoms with E-state index in [4.69, 9.17) is 0 Å². The van der Waals surface area contributed by atoms with Gasteiger partial charge in [-0.25, -0.2) is 0 Å². The summed E-state index contributed by atoms with van der Waals surface area (Å²) in [5, 5.41) is 3.56. The number of carbonyl (C=O) groups is 1. The summed E-state index contributed by atoms with van der Waals surface area (Å²) in [5.41, 5.74) is 0. The van der Waals surface area contributed by atoms with E-state index in [2.05, 4.69) is 49.4 Å². The molecule has 3 unspecified atom stereocenters. The van der Waals surface area contributed by atoms with Crippen LogP contribution >= 0.6 is 23.1 Å². The number of nitrogens with one attached hydrogen (secondary N) is 1. The van der Waals surface area contributed by atoms with Crippen LogP contribution in [0.3, 0.4) is 0 Å². The fourth-order valence-electron chi connectivity index (χ4n) is 2.86. The Morgan fingerprint density at radius 2 is 2.24 bits per heavy atom. The smallest absolute Gasteiger partial charge is 0.241 e. The van der Waals surface area contributed by atoms with Gasteiger partial charge in [0.25, 0.3) is 0 Å².